The second-order valence-corrected chi connectivity index (χ2v) is 4.69. The van der Waals surface area contributed by atoms with Gasteiger partial charge in [-0.05, 0) is 25.0 Å². The smallest absolute Gasteiger partial charge is 0.132 e. The minimum Gasteiger partial charge on any atom is -0.348 e. The van der Waals surface area contributed by atoms with Crippen LogP contribution in [-0.2, 0) is 13.1 Å². The van der Waals surface area contributed by atoms with Gasteiger partial charge < -0.3 is 10.2 Å². The fourth-order valence-corrected chi connectivity index (χ4v) is 2.80. The highest BCUT2D eigenvalue weighted by Gasteiger charge is 2.36. The molecular weight excluding hydrogens is 205 g/mol. The van der Waals surface area contributed by atoms with E-state index in [1.165, 1.54) is 5.56 Å². The summed E-state index contributed by atoms with van der Waals surface area (Å²) in [4.78, 5) is 6.78. The van der Waals surface area contributed by atoms with Crippen molar-refractivity contribution in [2.45, 2.75) is 32.1 Å². The third-order valence-electron chi connectivity index (χ3n) is 3.54. The molecule has 1 aromatic heterocycles. The summed E-state index contributed by atoms with van der Waals surface area (Å²) in [6.45, 7) is 3.71. The fraction of sp³-hybridized carbons (Fsp3) is 0.583. The van der Waals surface area contributed by atoms with Crippen LogP contribution >= 0.6 is 0 Å². The van der Waals surface area contributed by atoms with E-state index >= 15 is 0 Å². The van der Waals surface area contributed by atoms with Crippen molar-refractivity contribution in [2.75, 3.05) is 18.0 Å². The topological polar surface area (TPSA) is 28.2 Å². The molecule has 3 nitrogen and oxygen atoms in total. The van der Waals surface area contributed by atoms with Crippen molar-refractivity contribution in [1.29, 1.82) is 0 Å². The number of pyridine rings is 1. The first-order valence-electron chi connectivity index (χ1n) is 5.83. The molecule has 1 fully saturated rings. The second kappa shape index (κ2) is 3.70. The van der Waals surface area contributed by atoms with E-state index in [-0.39, 0.29) is 0 Å². The molecule has 2 aliphatic rings. The van der Waals surface area contributed by atoms with Gasteiger partial charge >= 0.3 is 0 Å². The number of nitrogens with zero attached hydrogens (tertiary/aromatic N) is 2. The van der Waals surface area contributed by atoms with Gasteiger partial charge in [0, 0.05) is 25.2 Å². The van der Waals surface area contributed by atoms with Crippen molar-refractivity contribution in [1.82, 2.24) is 10.3 Å². The molecule has 1 saturated heterocycles. The Morgan fingerprint density at radius 3 is 3.19 bits per heavy atom. The number of hydrogen-bond acceptors (Lipinski definition) is 3. The van der Waals surface area contributed by atoms with E-state index in [4.69, 9.17) is 0 Å². The van der Waals surface area contributed by atoms with Crippen LogP contribution in [0.15, 0.2) is 12.1 Å². The van der Waals surface area contributed by atoms with Gasteiger partial charge in [-0.1, -0.05) is 6.07 Å². The Balaban J connectivity index is 2.01. The van der Waals surface area contributed by atoms with Gasteiger partial charge in [-0.15, -0.1) is 0 Å². The molecule has 0 bridgehead atoms. The Morgan fingerprint density at radius 1 is 1.50 bits per heavy atom. The maximum absolute atomic E-state index is 12.6. The summed E-state index contributed by atoms with van der Waals surface area (Å²) >= 11 is 0. The van der Waals surface area contributed by atoms with Crippen LogP contribution in [0.5, 0.6) is 0 Å². The van der Waals surface area contributed by atoms with Crippen molar-refractivity contribution in [2.24, 2.45) is 0 Å². The Hall–Kier alpha value is -1.16. The average molecular weight is 221 g/mol. The number of alkyl halides is 1. The normalized spacial score (nSPS) is 27.8. The number of anilines is 1. The number of hydrogen-bond donors (Lipinski definition) is 1. The summed E-state index contributed by atoms with van der Waals surface area (Å²) in [7, 11) is 0. The van der Waals surface area contributed by atoms with Gasteiger partial charge in [-0.2, -0.15) is 0 Å². The van der Waals surface area contributed by atoms with E-state index < -0.39 is 6.67 Å². The lowest BCUT2D eigenvalue weighted by Crippen LogP contribution is -2.55. The zero-order valence-electron chi connectivity index (χ0n) is 9.41. The minimum atomic E-state index is -0.474. The summed E-state index contributed by atoms with van der Waals surface area (Å²) in [6, 6.07) is 4.78. The molecule has 0 radical (unpaired) electrons. The predicted octanol–water partition coefficient (Wildman–Crippen LogP) is 1.27. The summed E-state index contributed by atoms with van der Waals surface area (Å²) < 4.78 is 12.6. The highest BCUT2D eigenvalue weighted by molar-refractivity contribution is 5.56. The zero-order valence-corrected chi connectivity index (χ0v) is 9.41. The second-order valence-electron chi connectivity index (χ2n) is 4.69. The molecular formula is C12H16FN3. The molecule has 0 spiro atoms. The zero-order chi connectivity index (χ0) is 11.1. The van der Waals surface area contributed by atoms with Crippen molar-refractivity contribution in [3.63, 3.8) is 0 Å². The van der Waals surface area contributed by atoms with Crippen LogP contribution in [0, 0.1) is 0 Å². The monoisotopic (exact) mass is 221 g/mol. The first-order valence-corrected chi connectivity index (χ1v) is 5.83. The lowest BCUT2D eigenvalue weighted by atomic mass is 10.1. The van der Waals surface area contributed by atoms with Crippen molar-refractivity contribution >= 4 is 5.82 Å². The molecule has 0 saturated carbocycles. The van der Waals surface area contributed by atoms with Gasteiger partial charge in [0.1, 0.15) is 12.5 Å². The molecule has 1 aromatic rings. The van der Waals surface area contributed by atoms with Crippen LogP contribution in [0.1, 0.15) is 18.2 Å². The van der Waals surface area contributed by atoms with Crippen LogP contribution in [-0.4, -0.2) is 30.2 Å². The fourth-order valence-electron chi connectivity index (χ4n) is 2.80. The SMILES string of the molecule is C[C@@H]1CNCC2Cc3ccc(CF)nc3N21. The molecule has 4 heteroatoms. The molecule has 2 atom stereocenters. The predicted molar refractivity (Wildman–Crippen MR) is 61.4 cm³/mol. The van der Waals surface area contributed by atoms with Gasteiger partial charge in [0.2, 0.25) is 0 Å². The third-order valence-corrected chi connectivity index (χ3v) is 3.54. The van der Waals surface area contributed by atoms with Gasteiger partial charge in [0.05, 0.1) is 5.69 Å². The van der Waals surface area contributed by atoms with Gasteiger partial charge in [-0.25, -0.2) is 9.37 Å². The lowest BCUT2D eigenvalue weighted by Gasteiger charge is -2.37. The van der Waals surface area contributed by atoms with E-state index in [1.807, 2.05) is 6.07 Å². The first kappa shape index (κ1) is 10.0. The molecule has 1 unspecified atom stereocenters. The largest absolute Gasteiger partial charge is 0.348 e. The molecule has 3 rings (SSSR count). The first-order chi connectivity index (χ1) is 7.79. The van der Waals surface area contributed by atoms with E-state index in [0.29, 0.717) is 17.8 Å². The van der Waals surface area contributed by atoms with E-state index in [9.17, 15) is 4.39 Å². The van der Waals surface area contributed by atoms with Gasteiger partial charge in [0.15, 0.2) is 0 Å². The Labute approximate surface area is 94.7 Å². The van der Waals surface area contributed by atoms with Crippen LogP contribution in [0.2, 0.25) is 0 Å². The van der Waals surface area contributed by atoms with Crippen molar-refractivity contribution in [3.05, 3.63) is 23.4 Å². The van der Waals surface area contributed by atoms with Crippen LogP contribution in [0.25, 0.3) is 0 Å². The minimum absolute atomic E-state index is 0.447. The Morgan fingerprint density at radius 2 is 2.38 bits per heavy atom. The molecule has 1 N–H and O–H groups in total. The highest BCUT2D eigenvalue weighted by Crippen LogP contribution is 2.33. The quantitative estimate of drug-likeness (QED) is 0.774. The molecule has 2 aliphatic heterocycles. The average Bonchev–Trinajstić information content (AvgIpc) is 2.67. The molecule has 0 amide bonds. The number of piperazine rings is 1. The number of aromatic nitrogens is 1. The molecule has 0 aliphatic carbocycles. The van der Waals surface area contributed by atoms with Crippen LogP contribution < -0.4 is 10.2 Å². The maximum atomic E-state index is 12.6. The summed E-state index contributed by atoms with van der Waals surface area (Å²) in [5.41, 5.74) is 1.81. The van der Waals surface area contributed by atoms with Crippen molar-refractivity contribution in [3.8, 4) is 0 Å². The van der Waals surface area contributed by atoms with Gasteiger partial charge in [0.25, 0.3) is 0 Å². The van der Waals surface area contributed by atoms with Crippen LogP contribution in [0.4, 0.5) is 10.2 Å². The third kappa shape index (κ3) is 1.40. The van der Waals surface area contributed by atoms with E-state index in [0.717, 1.165) is 25.3 Å². The number of halogens is 1. The Kier molecular flexibility index (Phi) is 2.32. The maximum Gasteiger partial charge on any atom is 0.132 e. The van der Waals surface area contributed by atoms with Gasteiger partial charge in [-0.3, -0.25) is 0 Å². The summed E-state index contributed by atoms with van der Waals surface area (Å²) in [6.07, 6.45) is 1.03. The molecule has 3 heterocycles. The highest BCUT2D eigenvalue weighted by atomic mass is 19.1. The van der Waals surface area contributed by atoms with Crippen LogP contribution in [0.3, 0.4) is 0 Å². The molecule has 16 heavy (non-hydrogen) atoms. The Bertz CT molecular complexity index is 407. The summed E-state index contributed by atoms with van der Waals surface area (Å²) in [5.74, 6) is 1.01. The molecule has 86 valence electrons. The lowest BCUT2D eigenvalue weighted by molar-refractivity contribution is 0.426. The van der Waals surface area contributed by atoms with E-state index in [1.54, 1.807) is 6.07 Å². The van der Waals surface area contributed by atoms with Crippen molar-refractivity contribution < 1.29 is 4.39 Å². The molecule has 0 aromatic carbocycles. The number of nitrogens with one attached hydrogen (secondary N) is 1. The number of rotatable bonds is 1. The standard InChI is InChI=1S/C12H16FN3/c1-8-6-14-7-11-4-9-2-3-10(5-13)15-12(9)16(8)11/h2-3,8,11,14H,4-7H2,1H3/t8-,11?/m1/s1. The number of fused-ring (bicyclic) bond motifs is 3. The van der Waals surface area contributed by atoms with E-state index in [2.05, 4.69) is 22.1 Å². The summed E-state index contributed by atoms with van der Waals surface area (Å²) in [5, 5.41) is 3.43.